The van der Waals surface area contributed by atoms with Gasteiger partial charge < -0.3 is 0 Å². The average molecular weight is 180 g/mol. The molecule has 2 aliphatic carbocycles. The standard InChI is InChI=1S/C13H24/c1-2-4-6-9-13-11-7-10-12(13)8-5-3-1/h12-13H,1-11H2. The van der Waals surface area contributed by atoms with Crippen LogP contribution in [0.3, 0.4) is 0 Å². The maximum atomic E-state index is 1.56. The van der Waals surface area contributed by atoms with Gasteiger partial charge in [-0.2, -0.15) is 0 Å². The van der Waals surface area contributed by atoms with Gasteiger partial charge in [0.15, 0.2) is 0 Å². The van der Waals surface area contributed by atoms with Crippen molar-refractivity contribution in [1.82, 2.24) is 0 Å². The van der Waals surface area contributed by atoms with Crippen molar-refractivity contribution in [3.63, 3.8) is 0 Å². The Balaban J connectivity index is 1.82. The minimum absolute atomic E-state index is 1.14. The minimum atomic E-state index is 1.14. The first kappa shape index (κ1) is 9.55. The SMILES string of the molecule is C1CCCCC2CCCC2CCC1. The van der Waals surface area contributed by atoms with E-state index in [1.165, 1.54) is 44.9 Å². The lowest BCUT2D eigenvalue weighted by molar-refractivity contribution is 0.313. The molecule has 13 heavy (non-hydrogen) atoms. The topological polar surface area (TPSA) is 0 Å². The lowest BCUT2D eigenvalue weighted by Crippen LogP contribution is -2.08. The number of hydrogen-bond donors (Lipinski definition) is 0. The average Bonchev–Trinajstić information content (AvgIpc) is 2.59. The molecule has 0 heteroatoms. The van der Waals surface area contributed by atoms with Crippen molar-refractivity contribution >= 4 is 0 Å². The van der Waals surface area contributed by atoms with Crippen molar-refractivity contribution in [2.24, 2.45) is 11.8 Å². The molecule has 0 aromatic rings. The maximum absolute atomic E-state index is 1.56. The Labute approximate surface area is 83.1 Å². The molecule has 0 aromatic heterocycles. The molecule has 0 bridgehead atoms. The molecule has 0 aliphatic heterocycles. The molecule has 2 saturated carbocycles. The van der Waals surface area contributed by atoms with E-state index in [9.17, 15) is 0 Å². The van der Waals surface area contributed by atoms with Crippen LogP contribution in [0.15, 0.2) is 0 Å². The molecular formula is C13H24. The Morgan fingerprint density at radius 2 is 0.769 bits per heavy atom. The highest BCUT2D eigenvalue weighted by Gasteiger charge is 2.26. The highest BCUT2D eigenvalue weighted by molar-refractivity contribution is 4.78. The zero-order chi connectivity index (χ0) is 8.93. The van der Waals surface area contributed by atoms with Crippen molar-refractivity contribution in [3.05, 3.63) is 0 Å². The molecule has 0 aromatic carbocycles. The molecule has 0 N–H and O–H groups in total. The molecule has 2 aliphatic rings. The van der Waals surface area contributed by atoms with Crippen molar-refractivity contribution in [2.75, 3.05) is 0 Å². The van der Waals surface area contributed by atoms with Crippen LogP contribution < -0.4 is 0 Å². The van der Waals surface area contributed by atoms with E-state index in [2.05, 4.69) is 0 Å². The molecule has 2 unspecified atom stereocenters. The predicted octanol–water partition coefficient (Wildman–Crippen LogP) is 4.54. The lowest BCUT2D eigenvalue weighted by atomic mass is 9.85. The van der Waals surface area contributed by atoms with Gasteiger partial charge in [-0.05, 0) is 11.8 Å². The fraction of sp³-hybridized carbons (Fsp3) is 1.00. The van der Waals surface area contributed by atoms with Crippen molar-refractivity contribution in [3.8, 4) is 0 Å². The normalized spacial score (nSPS) is 36.9. The van der Waals surface area contributed by atoms with E-state index in [1.54, 1.807) is 25.7 Å². The number of rotatable bonds is 0. The zero-order valence-electron chi connectivity index (χ0n) is 8.93. The fourth-order valence-corrected chi connectivity index (χ4v) is 3.39. The van der Waals surface area contributed by atoms with Crippen molar-refractivity contribution in [2.45, 2.75) is 70.6 Å². The van der Waals surface area contributed by atoms with Gasteiger partial charge in [0.2, 0.25) is 0 Å². The number of fused-ring (bicyclic) bond motifs is 1. The van der Waals surface area contributed by atoms with Gasteiger partial charge in [-0.25, -0.2) is 0 Å². The quantitative estimate of drug-likeness (QED) is 0.513. The van der Waals surface area contributed by atoms with Gasteiger partial charge in [0, 0.05) is 0 Å². The van der Waals surface area contributed by atoms with Gasteiger partial charge in [-0.3, -0.25) is 0 Å². The summed E-state index contributed by atoms with van der Waals surface area (Å²) < 4.78 is 0. The van der Waals surface area contributed by atoms with E-state index in [1.807, 2.05) is 0 Å². The van der Waals surface area contributed by atoms with Gasteiger partial charge in [-0.1, -0.05) is 70.6 Å². The van der Waals surface area contributed by atoms with Crippen LogP contribution >= 0.6 is 0 Å². The maximum Gasteiger partial charge on any atom is -0.0386 e. The Bertz CT molecular complexity index is 123. The van der Waals surface area contributed by atoms with Gasteiger partial charge in [0.25, 0.3) is 0 Å². The third-order valence-electron chi connectivity index (χ3n) is 4.22. The third-order valence-corrected chi connectivity index (χ3v) is 4.22. The Morgan fingerprint density at radius 3 is 1.31 bits per heavy atom. The van der Waals surface area contributed by atoms with Crippen LogP contribution in [-0.2, 0) is 0 Å². The zero-order valence-corrected chi connectivity index (χ0v) is 8.93. The Hall–Kier alpha value is 0. The van der Waals surface area contributed by atoms with Crippen LogP contribution in [0.2, 0.25) is 0 Å². The molecule has 0 spiro atoms. The summed E-state index contributed by atoms with van der Waals surface area (Å²) in [5, 5.41) is 0. The molecule has 0 nitrogen and oxygen atoms in total. The highest BCUT2D eigenvalue weighted by Crippen LogP contribution is 2.39. The van der Waals surface area contributed by atoms with Crippen molar-refractivity contribution in [1.29, 1.82) is 0 Å². The van der Waals surface area contributed by atoms with Gasteiger partial charge >= 0.3 is 0 Å². The smallest absolute Gasteiger partial charge is 0.0386 e. The summed E-state index contributed by atoms with van der Waals surface area (Å²) >= 11 is 0. The summed E-state index contributed by atoms with van der Waals surface area (Å²) in [7, 11) is 0. The van der Waals surface area contributed by atoms with Crippen LogP contribution in [-0.4, -0.2) is 0 Å². The minimum Gasteiger partial charge on any atom is -0.0533 e. The van der Waals surface area contributed by atoms with Crippen LogP contribution in [0.1, 0.15) is 70.6 Å². The highest BCUT2D eigenvalue weighted by atomic mass is 14.3. The molecule has 2 fully saturated rings. The summed E-state index contributed by atoms with van der Waals surface area (Å²) in [5.74, 6) is 2.27. The molecular weight excluding hydrogens is 156 g/mol. The van der Waals surface area contributed by atoms with Crippen LogP contribution in [0.5, 0.6) is 0 Å². The second-order valence-corrected chi connectivity index (χ2v) is 5.15. The fourth-order valence-electron chi connectivity index (χ4n) is 3.39. The Morgan fingerprint density at radius 1 is 0.385 bits per heavy atom. The van der Waals surface area contributed by atoms with E-state index in [0.29, 0.717) is 0 Å². The van der Waals surface area contributed by atoms with Crippen molar-refractivity contribution < 1.29 is 0 Å². The molecule has 0 radical (unpaired) electrons. The Kier molecular flexibility index (Phi) is 3.69. The molecule has 76 valence electrons. The summed E-state index contributed by atoms with van der Waals surface area (Å²) in [6.07, 6.45) is 16.9. The summed E-state index contributed by atoms with van der Waals surface area (Å²) in [6.45, 7) is 0. The first-order valence-electron chi connectivity index (χ1n) is 6.47. The summed E-state index contributed by atoms with van der Waals surface area (Å²) in [5.41, 5.74) is 0. The predicted molar refractivity (Wildman–Crippen MR) is 57.8 cm³/mol. The molecule has 0 heterocycles. The second kappa shape index (κ2) is 5.02. The van der Waals surface area contributed by atoms with Crippen LogP contribution in [0, 0.1) is 11.8 Å². The molecule has 2 atom stereocenters. The second-order valence-electron chi connectivity index (χ2n) is 5.15. The van der Waals surface area contributed by atoms with E-state index < -0.39 is 0 Å². The monoisotopic (exact) mass is 180 g/mol. The van der Waals surface area contributed by atoms with Gasteiger partial charge in [-0.15, -0.1) is 0 Å². The van der Waals surface area contributed by atoms with Crippen LogP contribution in [0.25, 0.3) is 0 Å². The van der Waals surface area contributed by atoms with Gasteiger partial charge in [0.05, 0.1) is 0 Å². The number of hydrogen-bond acceptors (Lipinski definition) is 0. The molecule has 2 rings (SSSR count). The van der Waals surface area contributed by atoms with E-state index in [0.717, 1.165) is 11.8 Å². The van der Waals surface area contributed by atoms with E-state index in [-0.39, 0.29) is 0 Å². The van der Waals surface area contributed by atoms with Crippen LogP contribution in [0.4, 0.5) is 0 Å². The largest absolute Gasteiger partial charge is 0.0533 e. The van der Waals surface area contributed by atoms with E-state index >= 15 is 0 Å². The first-order chi connectivity index (χ1) is 6.47. The lowest BCUT2D eigenvalue weighted by Gasteiger charge is -2.20. The first-order valence-corrected chi connectivity index (χ1v) is 6.47. The third kappa shape index (κ3) is 2.72. The molecule has 0 saturated heterocycles. The molecule has 0 amide bonds. The summed E-state index contributed by atoms with van der Waals surface area (Å²) in [6, 6.07) is 0. The van der Waals surface area contributed by atoms with Gasteiger partial charge in [0.1, 0.15) is 0 Å². The summed E-state index contributed by atoms with van der Waals surface area (Å²) in [4.78, 5) is 0. The van der Waals surface area contributed by atoms with E-state index in [4.69, 9.17) is 0 Å².